The molecule has 0 amide bonds. The Labute approximate surface area is 216 Å². The minimum atomic E-state index is -0.590. The lowest BCUT2D eigenvalue weighted by Crippen LogP contribution is -2.18. The number of hydrogen-bond donors (Lipinski definition) is 2. The van der Waals surface area contributed by atoms with Gasteiger partial charge in [0.05, 0.1) is 11.1 Å². The molecule has 1 atom stereocenters. The number of rotatable bonds is 5. The fourth-order valence-electron chi connectivity index (χ4n) is 4.40. The van der Waals surface area contributed by atoms with Gasteiger partial charge in [-0.05, 0) is 69.7 Å². The van der Waals surface area contributed by atoms with Gasteiger partial charge >= 0.3 is 0 Å². The second kappa shape index (κ2) is 9.25. The van der Waals surface area contributed by atoms with E-state index in [1.807, 2.05) is 61.8 Å². The Bertz CT molecular complexity index is 1770. The van der Waals surface area contributed by atoms with Gasteiger partial charge in [-0.15, -0.1) is 0 Å². The molecular weight excluding hydrogens is 494 g/mol. The smallest absolute Gasteiger partial charge is 0.196 e. The summed E-state index contributed by atoms with van der Waals surface area (Å²) in [5.74, 6) is 0.486. The number of halogens is 1. The molecule has 0 aliphatic rings. The molecule has 4 heterocycles. The molecule has 3 N–H and O–H groups in total. The molecule has 0 bridgehead atoms. The summed E-state index contributed by atoms with van der Waals surface area (Å²) in [6.07, 6.45) is 3.22. The zero-order valence-electron chi connectivity index (χ0n) is 20.6. The van der Waals surface area contributed by atoms with E-state index in [2.05, 4.69) is 15.1 Å². The molecule has 9 nitrogen and oxygen atoms in total. The number of oxime groups is 1. The molecule has 0 unspecified atom stereocenters. The summed E-state index contributed by atoms with van der Waals surface area (Å²) in [6, 6.07) is 10.6. The summed E-state index contributed by atoms with van der Waals surface area (Å²) in [5.41, 5.74) is 10.7. The first kappa shape index (κ1) is 24.3. The van der Waals surface area contributed by atoms with Crippen LogP contribution in [-0.2, 0) is 0 Å². The highest BCUT2D eigenvalue weighted by Crippen LogP contribution is 2.33. The number of pyridine rings is 2. The number of fused-ring (bicyclic) bond motifs is 2. The van der Waals surface area contributed by atoms with E-state index in [1.54, 1.807) is 19.1 Å². The van der Waals surface area contributed by atoms with E-state index >= 15 is 0 Å². The minimum absolute atomic E-state index is 0.0979. The minimum Gasteiger partial charge on any atom is -0.483 e. The summed E-state index contributed by atoms with van der Waals surface area (Å²) in [6.45, 7) is 7.40. The number of nitrogens with two attached hydrogens (primary N) is 1. The number of benzene rings is 1. The highest BCUT2D eigenvalue weighted by Gasteiger charge is 2.22. The number of imidazole rings is 1. The number of ether oxygens (including phenoxy) is 1. The predicted molar refractivity (Wildman–Crippen MR) is 142 cm³/mol. The van der Waals surface area contributed by atoms with Crippen molar-refractivity contribution in [3.05, 3.63) is 92.2 Å². The Morgan fingerprint density at radius 3 is 2.70 bits per heavy atom. The molecule has 188 valence electrons. The van der Waals surface area contributed by atoms with Crippen molar-refractivity contribution >= 4 is 34.1 Å². The third-order valence-corrected chi connectivity index (χ3v) is 6.35. The first-order valence-corrected chi connectivity index (χ1v) is 11.9. The van der Waals surface area contributed by atoms with Gasteiger partial charge in [-0.1, -0.05) is 16.8 Å². The van der Waals surface area contributed by atoms with Crippen molar-refractivity contribution in [1.82, 2.24) is 14.4 Å². The van der Waals surface area contributed by atoms with Crippen molar-refractivity contribution in [2.45, 2.75) is 33.8 Å². The first-order chi connectivity index (χ1) is 17.7. The van der Waals surface area contributed by atoms with Gasteiger partial charge in [-0.25, -0.2) is 9.97 Å². The van der Waals surface area contributed by atoms with Crippen LogP contribution in [0.15, 0.2) is 63.2 Å². The summed E-state index contributed by atoms with van der Waals surface area (Å²) < 4.78 is 14.5. The monoisotopic (exact) mass is 517 g/mol. The average Bonchev–Trinajstić information content (AvgIpc) is 3.25. The predicted octanol–water partition coefficient (Wildman–Crippen LogP) is 5.32. The van der Waals surface area contributed by atoms with Crippen LogP contribution in [0.25, 0.3) is 27.9 Å². The van der Waals surface area contributed by atoms with Crippen LogP contribution in [0.5, 0.6) is 5.75 Å². The largest absolute Gasteiger partial charge is 0.483 e. The van der Waals surface area contributed by atoms with E-state index in [0.717, 1.165) is 22.5 Å². The SMILES string of the molecule is Cc1cc([C@@H](C)Oc2ccc(Cl)nc2C(N)=NO)c2oc(-c3ccc4nc(C)cn4c3)c(C)c(=O)c2c1. The van der Waals surface area contributed by atoms with Crippen LogP contribution in [0, 0.1) is 20.8 Å². The van der Waals surface area contributed by atoms with E-state index in [9.17, 15) is 4.79 Å². The van der Waals surface area contributed by atoms with Crippen molar-refractivity contribution in [2.75, 3.05) is 0 Å². The van der Waals surface area contributed by atoms with Gasteiger partial charge in [-0.3, -0.25) is 4.79 Å². The molecule has 0 saturated heterocycles. The molecule has 37 heavy (non-hydrogen) atoms. The Balaban J connectivity index is 1.66. The number of aryl methyl sites for hydroxylation is 2. The summed E-state index contributed by atoms with van der Waals surface area (Å²) in [7, 11) is 0. The van der Waals surface area contributed by atoms with Crippen molar-refractivity contribution in [3.8, 4) is 17.1 Å². The Morgan fingerprint density at radius 2 is 1.95 bits per heavy atom. The molecule has 0 fully saturated rings. The van der Waals surface area contributed by atoms with Gasteiger partial charge in [0.25, 0.3) is 0 Å². The normalized spacial score (nSPS) is 12.8. The third kappa shape index (κ3) is 4.38. The quantitative estimate of drug-likeness (QED) is 0.106. The number of nitrogens with zero attached hydrogens (tertiary/aromatic N) is 4. The zero-order chi connectivity index (χ0) is 26.4. The van der Waals surface area contributed by atoms with Gasteiger partial charge in [0, 0.05) is 29.1 Å². The summed E-state index contributed by atoms with van der Waals surface area (Å²) in [4.78, 5) is 22.1. The maximum Gasteiger partial charge on any atom is 0.196 e. The molecule has 4 aromatic heterocycles. The van der Waals surface area contributed by atoms with E-state index in [-0.39, 0.29) is 27.9 Å². The van der Waals surface area contributed by atoms with Gasteiger partial charge in [0.1, 0.15) is 34.0 Å². The van der Waals surface area contributed by atoms with E-state index in [0.29, 0.717) is 27.9 Å². The van der Waals surface area contributed by atoms with Gasteiger partial charge in [0.15, 0.2) is 17.0 Å². The number of hydrogen-bond acceptors (Lipinski definition) is 7. The van der Waals surface area contributed by atoms with E-state index in [4.69, 9.17) is 31.7 Å². The van der Waals surface area contributed by atoms with E-state index < -0.39 is 6.10 Å². The number of amidine groups is 1. The van der Waals surface area contributed by atoms with Crippen molar-refractivity contribution in [1.29, 1.82) is 0 Å². The third-order valence-electron chi connectivity index (χ3n) is 6.14. The molecule has 0 saturated carbocycles. The van der Waals surface area contributed by atoms with Crippen LogP contribution >= 0.6 is 11.6 Å². The van der Waals surface area contributed by atoms with Crippen molar-refractivity contribution < 1.29 is 14.4 Å². The lowest BCUT2D eigenvalue weighted by molar-refractivity contribution is 0.225. The van der Waals surface area contributed by atoms with E-state index in [1.165, 1.54) is 0 Å². The Kier molecular flexibility index (Phi) is 6.08. The Hall–Kier alpha value is -4.37. The fraction of sp³-hybridized carbons (Fsp3) is 0.185. The second-order valence-electron chi connectivity index (χ2n) is 8.91. The lowest BCUT2D eigenvalue weighted by atomic mass is 10.00. The summed E-state index contributed by atoms with van der Waals surface area (Å²) in [5, 5.41) is 12.8. The topological polar surface area (TPSA) is 128 Å². The highest BCUT2D eigenvalue weighted by molar-refractivity contribution is 6.29. The Morgan fingerprint density at radius 1 is 1.16 bits per heavy atom. The molecule has 5 rings (SSSR count). The molecule has 10 heteroatoms. The van der Waals surface area contributed by atoms with Crippen LogP contribution in [0.2, 0.25) is 5.15 Å². The zero-order valence-corrected chi connectivity index (χ0v) is 21.4. The average molecular weight is 518 g/mol. The summed E-state index contributed by atoms with van der Waals surface area (Å²) >= 11 is 6.00. The molecule has 0 radical (unpaired) electrons. The molecular formula is C27H24ClN5O4. The van der Waals surface area contributed by atoms with Crippen LogP contribution in [0.3, 0.4) is 0 Å². The molecule has 1 aromatic carbocycles. The second-order valence-corrected chi connectivity index (χ2v) is 9.29. The molecule has 0 aliphatic carbocycles. The maximum absolute atomic E-state index is 13.5. The van der Waals surface area contributed by atoms with Gasteiger partial charge in [0.2, 0.25) is 0 Å². The van der Waals surface area contributed by atoms with Gasteiger partial charge < -0.3 is 24.5 Å². The maximum atomic E-state index is 13.5. The first-order valence-electron chi connectivity index (χ1n) is 11.5. The van der Waals surface area contributed by atoms with Crippen LogP contribution < -0.4 is 15.9 Å². The molecule has 5 aromatic rings. The van der Waals surface area contributed by atoms with Crippen LogP contribution in [0.1, 0.15) is 41.1 Å². The van der Waals surface area contributed by atoms with Crippen LogP contribution in [0.4, 0.5) is 0 Å². The highest BCUT2D eigenvalue weighted by atomic mass is 35.5. The fourth-order valence-corrected chi connectivity index (χ4v) is 4.55. The van der Waals surface area contributed by atoms with Crippen molar-refractivity contribution in [2.24, 2.45) is 10.9 Å². The van der Waals surface area contributed by atoms with Gasteiger partial charge in [-0.2, -0.15) is 0 Å². The molecule has 0 aliphatic heterocycles. The molecule has 0 spiro atoms. The number of aromatic nitrogens is 3. The lowest BCUT2D eigenvalue weighted by Gasteiger charge is -2.19. The van der Waals surface area contributed by atoms with Crippen LogP contribution in [-0.4, -0.2) is 25.4 Å². The standard InChI is InChI=1S/C27H24ClN5O4/c1-13-9-18(16(4)36-20-6-7-21(28)31-23(20)27(29)32-35)26-19(10-13)24(34)15(3)25(37-26)17-5-8-22-30-14(2)11-33(22)12-17/h5-12,16,35H,1-4H3,(H2,29,32)/t16-/m1/s1. The van der Waals surface area contributed by atoms with Crippen molar-refractivity contribution in [3.63, 3.8) is 0 Å².